The van der Waals surface area contributed by atoms with E-state index in [1.54, 1.807) is 31.2 Å². The van der Waals surface area contributed by atoms with E-state index in [1.807, 2.05) is 33.8 Å². The Morgan fingerprint density at radius 3 is 2.39 bits per heavy atom. The third-order valence-electron chi connectivity index (χ3n) is 5.35. The predicted molar refractivity (Wildman–Crippen MR) is 148 cm³/mol. The van der Waals surface area contributed by atoms with Crippen LogP contribution in [0.25, 0.3) is 0 Å². The molecule has 0 saturated heterocycles. The van der Waals surface area contributed by atoms with Gasteiger partial charge < -0.3 is 23.6 Å². The summed E-state index contributed by atoms with van der Waals surface area (Å²) < 4.78 is 24.6. The summed E-state index contributed by atoms with van der Waals surface area (Å²) >= 11 is 5.81. The minimum atomic E-state index is -3.33. The molecule has 2 aromatic rings. The Balaban J connectivity index is 2.22. The van der Waals surface area contributed by atoms with Crippen LogP contribution in [0.15, 0.2) is 52.2 Å². The van der Waals surface area contributed by atoms with Crippen molar-refractivity contribution in [1.82, 2.24) is 14.6 Å². The number of hydrogen-bond acceptors (Lipinski definition) is 9. The highest BCUT2D eigenvalue weighted by Gasteiger charge is 2.32. The molecule has 3 unspecified atom stereocenters. The molecule has 13 heteroatoms. The molecule has 0 fully saturated rings. The topological polar surface area (TPSA) is 141 Å². The number of rotatable bonds is 16. The van der Waals surface area contributed by atoms with Gasteiger partial charge in [0.1, 0.15) is 11.8 Å². The third-order valence-corrected chi connectivity index (χ3v) is 7.78. The van der Waals surface area contributed by atoms with Gasteiger partial charge in [-0.25, -0.2) is 9.88 Å². The van der Waals surface area contributed by atoms with Crippen LogP contribution in [0.4, 0.5) is 0 Å². The molecule has 3 N–H and O–H groups in total. The first kappa shape index (κ1) is 31.9. The van der Waals surface area contributed by atoms with Crippen LogP contribution in [0.3, 0.4) is 0 Å². The number of nitrogens with one attached hydrogen (secondary N) is 2. The van der Waals surface area contributed by atoms with Crippen molar-refractivity contribution >= 4 is 24.4 Å². The van der Waals surface area contributed by atoms with Gasteiger partial charge in [0.15, 0.2) is 6.23 Å². The van der Waals surface area contributed by atoms with Gasteiger partial charge in [-0.3, -0.25) is 19.1 Å². The summed E-state index contributed by atoms with van der Waals surface area (Å²) in [5.74, 6) is 0.175. The highest BCUT2D eigenvalue weighted by atomic mass is 32.5. The number of nitrogens with zero attached hydrogens (tertiary/aromatic N) is 1. The molecule has 38 heavy (non-hydrogen) atoms. The van der Waals surface area contributed by atoms with Crippen LogP contribution < -0.4 is 20.9 Å². The van der Waals surface area contributed by atoms with Crippen molar-refractivity contribution in [2.24, 2.45) is 5.92 Å². The van der Waals surface area contributed by atoms with Crippen LogP contribution in [0.2, 0.25) is 0 Å². The van der Waals surface area contributed by atoms with Gasteiger partial charge in [0.25, 0.3) is 5.56 Å². The summed E-state index contributed by atoms with van der Waals surface area (Å²) in [7, 11) is 0. The van der Waals surface area contributed by atoms with Crippen molar-refractivity contribution in [2.75, 3.05) is 13.2 Å². The van der Waals surface area contributed by atoms with E-state index in [4.69, 9.17) is 30.3 Å². The van der Waals surface area contributed by atoms with Gasteiger partial charge in [0.2, 0.25) is 0 Å². The zero-order valence-corrected chi connectivity index (χ0v) is 24.1. The maximum absolute atomic E-state index is 13.0. The summed E-state index contributed by atoms with van der Waals surface area (Å²) in [6, 6.07) is 9.25. The second-order valence-corrected chi connectivity index (χ2v) is 12.4. The number of ether oxygens (including phenoxy) is 2. The lowest BCUT2D eigenvalue weighted by molar-refractivity contribution is -0.150. The minimum Gasteiger partial charge on any atom is -0.462 e. The second-order valence-electron chi connectivity index (χ2n) is 9.27. The zero-order valence-electron chi connectivity index (χ0n) is 22.4. The molecule has 0 radical (unpaired) electrons. The van der Waals surface area contributed by atoms with Crippen LogP contribution in [0, 0.1) is 5.92 Å². The molecule has 11 nitrogen and oxygen atoms in total. The molecule has 212 valence electrons. The maximum atomic E-state index is 13.0. The van der Waals surface area contributed by atoms with E-state index in [2.05, 4.69) is 10.1 Å². The first-order valence-corrected chi connectivity index (χ1v) is 15.1. The summed E-state index contributed by atoms with van der Waals surface area (Å²) in [6.45, 7) is 5.45. The molecule has 0 aliphatic heterocycles. The fourth-order valence-electron chi connectivity index (χ4n) is 3.30. The summed E-state index contributed by atoms with van der Waals surface area (Å²) in [4.78, 5) is 38.6. The van der Waals surface area contributed by atoms with Crippen molar-refractivity contribution in [3.8, 4) is 5.75 Å². The summed E-state index contributed by atoms with van der Waals surface area (Å²) in [5, 5.41) is 12.9. The van der Waals surface area contributed by atoms with Crippen molar-refractivity contribution in [1.29, 1.82) is 0 Å². The summed E-state index contributed by atoms with van der Waals surface area (Å²) in [5.41, 5.74) is -1.29. The van der Waals surface area contributed by atoms with E-state index >= 15 is 0 Å². The second kappa shape index (κ2) is 15.3. The Labute approximate surface area is 227 Å². The highest BCUT2D eigenvalue weighted by molar-refractivity contribution is 8.09. The fraction of sp³-hybridized carbons (Fsp3) is 0.560. The van der Waals surface area contributed by atoms with Crippen molar-refractivity contribution in [3.63, 3.8) is 0 Å². The average molecular weight is 572 g/mol. The van der Waals surface area contributed by atoms with Crippen molar-refractivity contribution in [2.45, 2.75) is 71.9 Å². The predicted octanol–water partition coefficient (Wildman–Crippen LogP) is 3.10. The van der Waals surface area contributed by atoms with Crippen LogP contribution in [0.5, 0.6) is 5.75 Å². The number of aliphatic hydroxyl groups is 1. The zero-order chi connectivity index (χ0) is 28.3. The van der Waals surface area contributed by atoms with E-state index < -0.39 is 48.8 Å². The first-order valence-electron chi connectivity index (χ1n) is 12.5. The smallest absolute Gasteiger partial charge is 0.330 e. The number of esters is 1. The Kier molecular flexibility index (Phi) is 12.8. The fourth-order valence-corrected chi connectivity index (χ4v) is 5.70. The van der Waals surface area contributed by atoms with Gasteiger partial charge in [-0.2, -0.15) is 0 Å². The van der Waals surface area contributed by atoms with Gasteiger partial charge >= 0.3 is 18.3 Å². The molecule has 0 amide bonds. The third kappa shape index (κ3) is 10.4. The molecule has 1 aromatic carbocycles. The standard InChI is InChI=1S/C25H38N3O8PS/c1-6-18(4)35-24(31)21(14-17(2)3)27-37(38,36-20-10-8-7-9-11-20)33-16-19(5)34-23(15-29)28-13-12-22(30)26-25(28)32/h7-13,17-19,21,23,29H,6,14-16H2,1-5H3,(H,27,38)(H,26,30,32)/t18?,19-,21?,23+,37?/m0/s1. The lowest BCUT2D eigenvalue weighted by atomic mass is 10.0. The van der Waals surface area contributed by atoms with Gasteiger partial charge in [-0.1, -0.05) is 39.0 Å². The number of para-hydroxylation sites is 1. The van der Waals surface area contributed by atoms with E-state index in [0.717, 1.165) is 10.6 Å². The van der Waals surface area contributed by atoms with Gasteiger partial charge in [0, 0.05) is 12.3 Å². The number of carbonyl (C=O) groups is 1. The highest BCUT2D eigenvalue weighted by Crippen LogP contribution is 2.46. The molecule has 2 rings (SSSR count). The average Bonchev–Trinajstić information content (AvgIpc) is 2.86. The molecule has 1 heterocycles. The van der Waals surface area contributed by atoms with Crippen LogP contribution >= 0.6 is 6.64 Å². The SMILES string of the molecule is CCC(C)OC(=O)C(CC(C)C)NP(=S)(OC[C@H](C)O[C@H](CO)n1ccc(=O)[nH]c1=O)Oc1ccccc1. The Hall–Kier alpha value is -2.34. The molecule has 0 bridgehead atoms. The Bertz CT molecular complexity index is 1170. The number of benzene rings is 1. The van der Waals surface area contributed by atoms with E-state index in [9.17, 15) is 19.5 Å². The van der Waals surface area contributed by atoms with E-state index in [1.165, 1.54) is 6.20 Å². The minimum absolute atomic E-state index is 0.0828. The maximum Gasteiger partial charge on any atom is 0.330 e. The number of aromatic amines is 1. The van der Waals surface area contributed by atoms with Gasteiger partial charge in [-0.05, 0) is 56.5 Å². The van der Waals surface area contributed by atoms with Crippen LogP contribution in [-0.4, -0.2) is 52.1 Å². The molecule has 1 aromatic heterocycles. The molecule has 0 aliphatic rings. The van der Waals surface area contributed by atoms with E-state index in [0.29, 0.717) is 18.6 Å². The quantitative estimate of drug-likeness (QED) is 0.203. The van der Waals surface area contributed by atoms with Gasteiger partial charge in [0.05, 0.1) is 25.4 Å². The number of aliphatic hydroxyl groups excluding tert-OH is 1. The summed E-state index contributed by atoms with van der Waals surface area (Å²) in [6.07, 6.45) is 0.364. The number of H-pyrrole nitrogens is 1. The van der Waals surface area contributed by atoms with Crippen molar-refractivity contribution in [3.05, 3.63) is 63.4 Å². The Morgan fingerprint density at radius 2 is 1.82 bits per heavy atom. The number of carbonyl (C=O) groups excluding carboxylic acids is 1. The lowest BCUT2D eigenvalue weighted by Gasteiger charge is -2.30. The molecule has 0 spiro atoms. The molecule has 5 atom stereocenters. The normalized spacial score (nSPS) is 16.3. The van der Waals surface area contributed by atoms with Crippen LogP contribution in [-0.2, 0) is 30.6 Å². The first-order chi connectivity index (χ1) is 18.0. The Morgan fingerprint density at radius 1 is 1.13 bits per heavy atom. The number of aromatic nitrogens is 2. The molecular weight excluding hydrogens is 533 g/mol. The monoisotopic (exact) mass is 571 g/mol. The molecule has 0 aliphatic carbocycles. The lowest BCUT2D eigenvalue weighted by Crippen LogP contribution is -2.40. The van der Waals surface area contributed by atoms with Gasteiger partial charge in [-0.15, -0.1) is 0 Å². The number of hydrogen-bond donors (Lipinski definition) is 3. The van der Waals surface area contributed by atoms with Crippen LogP contribution in [0.1, 0.15) is 53.7 Å². The molecule has 0 saturated carbocycles. The molecular formula is C25H38N3O8PS. The largest absolute Gasteiger partial charge is 0.462 e. The van der Waals surface area contributed by atoms with E-state index in [-0.39, 0.29) is 18.6 Å². The van der Waals surface area contributed by atoms with Crippen molar-refractivity contribution < 1.29 is 28.4 Å².